The van der Waals surface area contributed by atoms with Crippen LogP contribution in [-0.2, 0) is 0 Å². The topological polar surface area (TPSA) is 69.4 Å². The van der Waals surface area contributed by atoms with Crippen molar-refractivity contribution in [3.8, 4) is 5.75 Å². The summed E-state index contributed by atoms with van der Waals surface area (Å²) in [5, 5.41) is 13.5. The zero-order valence-corrected chi connectivity index (χ0v) is 16.2. The quantitative estimate of drug-likeness (QED) is 0.308. The number of Topliss-reactive ketones (excluding diaryl/α,β-unsaturated/α-hetero) is 1. The second-order valence-corrected chi connectivity index (χ2v) is 7.70. The molecule has 0 saturated carbocycles. The molecule has 0 saturated heterocycles. The van der Waals surface area contributed by atoms with Crippen molar-refractivity contribution >= 4 is 28.0 Å². The summed E-state index contributed by atoms with van der Waals surface area (Å²) in [6, 6.07) is 25.7. The van der Waals surface area contributed by atoms with E-state index in [9.17, 15) is 14.9 Å². The smallest absolute Gasteiger partial charge is 0.269 e. The SMILES string of the molecule is O=C1C2=C(Oc3ccc4ccccc4c3C2c2cccc([N+](=O)[O-])c2)c2ccccc21. The van der Waals surface area contributed by atoms with Gasteiger partial charge in [-0.25, -0.2) is 0 Å². The molecule has 5 heteroatoms. The van der Waals surface area contributed by atoms with Crippen LogP contribution in [0.5, 0.6) is 5.75 Å². The summed E-state index contributed by atoms with van der Waals surface area (Å²) in [6.07, 6.45) is 0. The van der Waals surface area contributed by atoms with Crippen molar-refractivity contribution in [2.75, 3.05) is 0 Å². The van der Waals surface area contributed by atoms with Crippen LogP contribution in [0.4, 0.5) is 5.69 Å². The predicted molar refractivity (Wildman–Crippen MR) is 117 cm³/mol. The molecule has 1 aliphatic heterocycles. The highest BCUT2D eigenvalue weighted by molar-refractivity contribution is 6.22. The molecule has 1 heterocycles. The maximum atomic E-state index is 13.5. The number of nitrogens with zero attached hydrogens (tertiary/aromatic N) is 1. The maximum absolute atomic E-state index is 13.5. The molecule has 0 N–H and O–H groups in total. The van der Waals surface area contributed by atoms with Gasteiger partial charge in [-0.2, -0.15) is 0 Å². The maximum Gasteiger partial charge on any atom is 0.269 e. The fourth-order valence-electron chi connectivity index (χ4n) is 4.71. The van der Waals surface area contributed by atoms with E-state index in [2.05, 4.69) is 0 Å². The Hall–Kier alpha value is -4.25. The van der Waals surface area contributed by atoms with Gasteiger partial charge < -0.3 is 4.74 Å². The number of carbonyl (C=O) groups is 1. The number of ether oxygens (including phenoxy) is 1. The molecule has 4 aromatic carbocycles. The third kappa shape index (κ3) is 2.47. The van der Waals surface area contributed by atoms with Gasteiger partial charge in [0, 0.05) is 34.7 Å². The number of carbonyl (C=O) groups excluding carboxylic acids is 1. The molecule has 2 aliphatic rings. The van der Waals surface area contributed by atoms with E-state index in [1.54, 1.807) is 18.2 Å². The molecule has 1 atom stereocenters. The molecule has 148 valence electrons. The predicted octanol–water partition coefficient (Wildman–Crippen LogP) is 5.88. The fourth-order valence-corrected chi connectivity index (χ4v) is 4.71. The summed E-state index contributed by atoms with van der Waals surface area (Å²) < 4.78 is 6.32. The number of hydrogen-bond acceptors (Lipinski definition) is 4. The van der Waals surface area contributed by atoms with Gasteiger partial charge in [-0.1, -0.05) is 66.7 Å². The standard InChI is InChI=1S/C26H15NO4/c28-25-19-10-3-4-11-20(19)26-24(25)22(16-7-5-8-17(14-16)27(29)30)23-18-9-2-1-6-15(18)12-13-21(23)31-26/h1-14,22H. The first-order valence-electron chi connectivity index (χ1n) is 9.95. The molecule has 0 aromatic heterocycles. The van der Waals surface area contributed by atoms with Crippen LogP contribution in [-0.4, -0.2) is 10.7 Å². The first-order chi connectivity index (χ1) is 15.1. The Labute approximate surface area is 177 Å². The number of non-ortho nitro benzene ring substituents is 1. The number of ketones is 1. The van der Waals surface area contributed by atoms with Crippen LogP contribution >= 0.6 is 0 Å². The van der Waals surface area contributed by atoms with Gasteiger partial charge in [-0.3, -0.25) is 14.9 Å². The Morgan fingerprint density at radius 2 is 1.61 bits per heavy atom. The van der Waals surface area contributed by atoms with Crippen LogP contribution in [0.3, 0.4) is 0 Å². The molecule has 6 rings (SSSR count). The second kappa shape index (κ2) is 6.37. The Morgan fingerprint density at radius 1 is 0.839 bits per heavy atom. The van der Waals surface area contributed by atoms with Gasteiger partial charge in [-0.05, 0) is 22.4 Å². The minimum Gasteiger partial charge on any atom is -0.456 e. The van der Waals surface area contributed by atoms with Gasteiger partial charge in [0.1, 0.15) is 11.5 Å². The monoisotopic (exact) mass is 405 g/mol. The minimum atomic E-state index is -0.468. The van der Waals surface area contributed by atoms with E-state index in [-0.39, 0.29) is 11.5 Å². The third-order valence-electron chi connectivity index (χ3n) is 6.04. The van der Waals surface area contributed by atoms with Gasteiger partial charge in [0.05, 0.1) is 10.5 Å². The zero-order valence-electron chi connectivity index (χ0n) is 16.2. The van der Waals surface area contributed by atoms with Crippen LogP contribution in [0.1, 0.15) is 33.0 Å². The highest BCUT2D eigenvalue weighted by atomic mass is 16.6. The summed E-state index contributed by atoms with van der Waals surface area (Å²) in [4.78, 5) is 24.6. The number of nitro benzene ring substituents is 1. The summed E-state index contributed by atoms with van der Waals surface area (Å²) in [5.74, 6) is 0.642. The minimum absolute atomic E-state index is 0.00381. The molecule has 4 aromatic rings. The Balaban J connectivity index is 1.69. The average Bonchev–Trinajstić information content (AvgIpc) is 3.09. The number of nitro groups is 1. The van der Waals surface area contributed by atoms with Gasteiger partial charge in [-0.15, -0.1) is 0 Å². The van der Waals surface area contributed by atoms with E-state index >= 15 is 0 Å². The zero-order chi connectivity index (χ0) is 21.1. The largest absolute Gasteiger partial charge is 0.456 e. The second-order valence-electron chi connectivity index (χ2n) is 7.70. The molecule has 0 radical (unpaired) electrons. The number of allylic oxidation sites excluding steroid dienone is 1. The fraction of sp³-hybridized carbons (Fsp3) is 0.0385. The Morgan fingerprint density at radius 3 is 2.45 bits per heavy atom. The number of rotatable bonds is 2. The van der Waals surface area contributed by atoms with E-state index in [1.807, 2.05) is 60.7 Å². The van der Waals surface area contributed by atoms with Crippen molar-refractivity contribution in [1.82, 2.24) is 0 Å². The molecule has 1 unspecified atom stereocenters. The number of benzene rings is 4. The first kappa shape index (κ1) is 17.6. The Bertz CT molecular complexity index is 1470. The molecule has 0 bridgehead atoms. The summed E-state index contributed by atoms with van der Waals surface area (Å²) in [5.41, 5.74) is 3.44. The number of hydrogen-bond donors (Lipinski definition) is 0. The lowest BCUT2D eigenvalue weighted by atomic mass is 9.79. The molecule has 1 aliphatic carbocycles. The van der Waals surface area contributed by atoms with E-state index in [0.29, 0.717) is 28.2 Å². The number of fused-ring (bicyclic) bond motifs is 5. The first-order valence-corrected chi connectivity index (χ1v) is 9.95. The van der Waals surface area contributed by atoms with Crippen molar-refractivity contribution in [1.29, 1.82) is 0 Å². The van der Waals surface area contributed by atoms with Crippen molar-refractivity contribution in [3.63, 3.8) is 0 Å². The van der Waals surface area contributed by atoms with Crippen molar-refractivity contribution < 1.29 is 14.5 Å². The van der Waals surface area contributed by atoms with Gasteiger partial charge in [0.15, 0.2) is 5.78 Å². The van der Waals surface area contributed by atoms with Gasteiger partial charge in [0.25, 0.3) is 5.69 Å². The summed E-state index contributed by atoms with van der Waals surface area (Å²) in [6.45, 7) is 0. The van der Waals surface area contributed by atoms with E-state index < -0.39 is 10.8 Å². The lowest BCUT2D eigenvalue weighted by Crippen LogP contribution is -2.18. The highest BCUT2D eigenvalue weighted by Gasteiger charge is 2.42. The molecular weight excluding hydrogens is 390 g/mol. The van der Waals surface area contributed by atoms with Crippen LogP contribution in [0.15, 0.2) is 90.5 Å². The lowest BCUT2D eigenvalue weighted by Gasteiger charge is -2.29. The summed E-state index contributed by atoms with van der Waals surface area (Å²) in [7, 11) is 0. The average molecular weight is 405 g/mol. The molecule has 0 spiro atoms. The van der Waals surface area contributed by atoms with Gasteiger partial charge >= 0.3 is 0 Å². The van der Waals surface area contributed by atoms with Crippen LogP contribution in [0.25, 0.3) is 16.5 Å². The molecule has 0 amide bonds. The lowest BCUT2D eigenvalue weighted by molar-refractivity contribution is -0.384. The highest BCUT2D eigenvalue weighted by Crippen LogP contribution is 2.52. The third-order valence-corrected chi connectivity index (χ3v) is 6.04. The van der Waals surface area contributed by atoms with Gasteiger partial charge in [0.2, 0.25) is 0 Å². The molecule has 0 fully saturated rings. The Kier molecular flexibility index (Phi) is 3.62. The van der Waals surface area contributed by atoms with E-state index in [0.717, 1.165) is 21.9 Å². The summed E-state index contributed by atoms with van der Waals surface area (Å²) >= 11 is 0. The molecule has 31 heavy (non-hydrogen) atoms. The molecular formula is C26H15NO4. The van der Waals surface area contributed by atoms with Crippen LogP contribution in [0.2, 0.25) is 0 Å². The normalized spacial score (nSPS) is 16.5. The van der Waals surface area contributed by atoms with Crippen molar-refractivity contribution in [3.05, 3.63) is 123 Å². The van der Waals surface area contributed by atoms with E-state index in [1.165, 1.54) is 6.07 Å². The van der Waals surface area contributed by atoms with Crippen LogP contribution in [0, 0.1) is 10.1 Å². The van der Waals surface area contributed by atoms with E-state index in [4.69, 9.17) is 4.74 Å². The van der Waals surface area contributed by atoms with Crippen molar-refractivity contribution in [2.45, 2.75) is 5.92 Å². The van der Waals surface area contributed by atoms with Crippen LogP contribution < -0.4 is 4.74 Å². The van der Waals surface area contributed by atoms with Crippen molar-refractivity contribution in [2.24, 2.45) is 0 Å². The molecule has 5 nitrogen and oxygen atoms in total.